The van der Waals surface area contributed by atoms with Crippen LogP contribution in [0.2, 0.25) is 48.3 Å². The number of benzene rings is 7. The van der Waals surface area contributed by atoms with Crippen LogP contribution in [-0.2, 0) is 51.1 Å². The summed E-state index contributed by atoms with van der Waals surface area (Å²) in [5.74, 6) is -12.7. The Hall–Kier alpha value is -9.53. The fraction of sp³-hybridized carbons (Fsp3) is 0.243. The molecule has 0 spiro atoms. The zero-order valence-electron chi connectivity index (χ0n) is 53.9. The van der Waals surface area contributed by atoms with Crippen LogP contribution in [0, 0.1) is 0 Å². The molecule has 520 valence electrons. The number of hydrogen-bond donors (Lipinski definition) is 10. The number of phenols is 5. The molecule has 0 radical (unpaired) electrons. The third-order valence-corrected chi connectivity index (χ3v) is 25.5. The van der Waals surface area contributed by atoms with Gasteiger partial charge in [0.1, 0.15) is 49.8 Å². The van der Waals surface area contributed by atoms with Crippen molar-refractivity contribution in [3.8, 4) is 51.4 Å². The summed E-state index contributed by atoms with van der Waals surface area (Å²) in [6.07, 6.45) is -0.801. The van der Waals surface area contributed by atoms with E-state index in [1.165, 1.54) is 67.1 Å². The summed E-state index contributed by atoms with van der Waals surface area (Å²) in [5, 5.41) is 66.7. The molecular formula is C70H63Cl6N7O16Si. The van der Waals surface area contributed by atoms with Gasteiger partial charge >= 0.3 is 5.97 Å². The zero-order valence-corrected chi connectivity index (χ0v) is 59.4. The van der Waals surface area contributed by atoms with Crippen LogP contribution in [0.5, 0.6) is 40.2 Å². The number of Topliss-reactive ketones (excluding diaryl/α,β-unsaturated/α-hetero) is 1. The highest BCUT2D eigenvalue weighted by atomic mass is 35.5. The Kier molecular flexibility index (Phi) is 21.8. The fourth-order valence-corrected chi connectivity index (χ4v) is 18.2. The highest BCUT2D eigenvalue weighted by Gasteiger charge is 2.43. The van der Waals surface area contributed by atoms with Gasteiger partial charge in [0.05, 0.1) is 42.8 Å². The number of methoxy groups -OCH3 is 1. The van der Waals surface area contributed by atoms with Crippen LogP contribution in [0.15, 0.2) is 115 Å². The molecule has 0 aliphatic carbocycles. The van der Waals surface area contributed by atoms with E-state index in [0.717, 1.165) is 48.4 Å². The Labute approximate surface area is 602 Å². The van der Waals surface area contributed by atoms with Crippen LogP contribution < -0.4 is 36.6 Å². The monoisotopic (exact) mass is 1500 g/mol. The average Bonchev–Trinajstić information content (AvgIpc) is 1.57. The minimum atomic E-state index is -2.91. The maximum absolute atomic E-state index is 16.1. The largest absolute Gasteiger partial charge is 0.508 e. The summed E-state index contributed by atoms with van der Waals surface area (Å²) in [6, 6.07) is 15.5. The van der Waals surface area contributed by atoms with E-state index < -0.39 is 163 Å². The lowest BCUT2D eigenvalue weighted by Crippen LogP contribution is -2.56. The molecule has 9 bridgehead atoms. The first-order valence-corrected chi connectivity index (χ1v) is 35.9. The first kappa shape index (κ1) is 73.2. The van der Waals surface area contributed by atoms with Gasteiger partial charge in [0, 0.05) is 48.6 Å². The lowest BCUT2D eigenvalue weighted by molar-refractivity contribution is -0.147. The summed E-state index contributed by atoms with van der Waals surface area (Å²) in [4.78, 5) is 137. The molecule has 8 aromatic rings. The van der Waals surface area contributed by atoms with Crippen molar-refractivity contribution in [1.29, 1.82) is 0 Å². The van der Waals surface area contributed by atoms with Gasteiger partial charge in [-0.1, -0.05) is 145 Å². The molecule has 23 nitrogen and oxygen atoms in total. The summed E-state index contributed by atoms with van der Waals surface area (Å²) < 4.78 is 13.1. The predicted octanol–water partition coefficient (Wildman–Crippen LogP) is 11.1. The van der Waals surface area contributed by atoms with Gasteiger partial charge in [0.15, 0.2) is 34.8 Å². The number of fused-ring (bicyclic) bond motifs is 15. The Balaban J connectivity index is 1.24. The van der Waals surface area contributed by atoms with Gasteiger partial charge in [0.2, 0.25) is 41.2 Å². The van der Waals surface area contributed by atoms with Crippen LogP contribution in [0.3, 0.4) is 0 Å². The number of hydrogen-bond acceptors (Lipinski definition) is 16. The van der Waals surface area contributed by atoms with Crippen molar-refractivity contribution in [2.45, 2.75) is 94.9 Å². The number of carbonyl (C=O) groups excluding carboxylic acids is 9. The lowest BCUT2D eigenvalue weighted by atomic mass is 9.94. The van der Waals surface area contributed by atoms with E-state index in [9.17, 15) is 49.5 Å². The van der Waals surface area contributed by atoms with Crippen molar-refractivity contribution in [2.75, 3.05) is 14.2 Å². The minimum Gasteiger partial charge on any atom is -0.508 e. The number of esters is 1. The van der Waals surface area contributed by atoms with E-state index in [1.54, 1.807) is 30.3 Å². The number of ketones is 1. The minimum absolute atomic E-state index is 0.0594. The SMILES string of the molecule is CC[Si](CC)(CC)c1c2c3ccc(cc3n1C(C)=O)-c1cc3cc(c1O)Oc1ccc(cc1)C[C@@H](C(=O)N[C@@H](C(=O)OC)c1ccc(O)cc1)N(C)C(=O)C(c1cc(Cl)c(O)c(Cl)c1)NC(=O)C3NC(=O)[C@@H](c1cc(Cl)c(O)c(Cl)c1)NC(=O)[C@H](NC(=O)C(=O)c1cc(Cl)c(O)c(Cl)c1)C2. The normalized spacial score (nSPS) is 17.7. The Bertz CT molecular complexity index is 4630. The number of aromatic hydroxyl groups is 5. The van der Waals surface area contributed by atoms with Crippen molar-refractivity contribution >= 4 is 147 Å². The van der Waals surface area contributed by atoms with Gasteiger partial charge < -0.3 is 66.5 Å². The molecular weight excluding hydrogens is 1440 g/mol. The number of ether oxygens (including phenoxy) is 2. The van der Waals surface area contributed by atoms with Gasteiger partial charge in [-0.3, -0.25) is 42.9 Å². The molecule has 0 saturated carbocycles. The second kappa shape index (κ2) is 29.7. The lowest BCUT2D eigenvalue weighted by Gasteiger charge is -2.33. The summed E-state index contributed by atoms with van der Waals surface area (Å²) in [6.45, 7) is 7.28. The van der Waals surface area contributed by atoms with Gasteiger partial charge in [-0.15, -0.1) is 0 Å². The second-order valence-corrected chi connectivity index (χ2v) is 31.6. The molecule has 1 aromatic heterocycles. The van der Waals surface area contributed by atoms with E-state index in [4.69, 9.17) is 79.1 Å². The summed E-state index contributed by atoms with van der Waals surface area (Å²) in [5.41, 5.74) is 0.267. The van der Waals surface area contributed by atoms with Crippen LogP contribution in [0.25, 0.3) is 22.0 Å². The standard InChI is InChI=1S/C70H63Cl6N7O16Si/c1-7-100(8-2,9-3)69-43-30-50(77-67(95)58(86)38-26-48(75)62(90)49(76)27-38)63(91)78-55(36-22-44(71)60(88)45(72)23-36)65(93)79-54-35-21-42(34-14-19-41(43)51(28-34)83(69)31(4)84)59(87)53(29-35)99-40-17-10-32(11-18-40)20-52(64(92)81-57(70(97)98-6)33-12-15-39(85)16-13-33)82(5)68(96)56(80-66(54)94)37-24-46(73)61(89)47(74)25-37/h10-19,21-29,50,52,54-57,85,87-90H,7-9,20,30H2,1-6H3,(H,77,95)(H,78,91)(H,79,93)(H,80,94)(H,81,92)/t50-,52+,54?,55-,56?,57-/m1/s1. The number of aromatic nitrogens is 1. The van der Waals surface area contributed by atoms with Crippen LogP contribution in [0.1, 0.15) is 100 Å². The molecule has 10 N–H and O–H groups in total. The summed E-state index contributed by atoms with van der Waals surface area (Å²) in [7, 11) is -0.604. The number of halogens is 6. The number of nitrogens with zero attached hydrogens (tertiary/aromatic N) is 2. The predicted molar refractivity (Wildman–Crippen MR) is 377 cm³/mol. The summed E-state index contributed by atoms with van der Waals surface area (Å²) >= 11 is 38.7. The molecule has 6 amide bonds. The van der Waals surface area contributed by atoms with Gasteiger partial charge in [-0.05, 0) is 118 Å². The molecule has 4 aliphatic heterocycles. The highest BCUT2D eigenvalue weighted by molar-refractivity contribution is 6.92. The molecule has 5 heterocycles. The molecule has 0 saturated heterocycles. The van der Waals surface area contributed by atoms with Crippen LogP contribution >= 0.6 is 69.6 Å². The maximum Gasteiger partial charge on any atom is 0.333 e. The van der Waals surface area contributed by atoms with Crippen molar-refractivity contribution in [1.82, 2.24) is 36.1 Å². The number of likely N-dealkylation sites (N-methyl/N-ethyl adjacent to an activating group) is 1. The molecule has 6 atom stereocenters. The number of carbonyl (C=O) groups is 9. The third kappa shape index (κ3) is 14.4. The van der Waals surface area contributed by atoms with E-state index in [0.29, 0.717) is 40.0 Å². The first-order chi connectivity index (χ1) is 47.4. The fourth-order valence-electron chi connectivity index (χ4n) is 12.6. The molecule has 2 unspecified atom stereocenters. The quantitative estimate of drug-likeness (QED) is 0.0222. The molecule has 12 rings (SSSR count). The van der Waals surface area contributed by atoms with Crippen LogP contribution in [-0.4, -0.2) is 122 Å². The second-order valence-electron chi connectivity index (χ2n) is 24.0. The number of rotatable bonds is 13. The maximum atomic E-state index is 16.1. The van der Waals surface area contributed by atoms with Gasteiger partial charge in [0.25, 0.3) is 5.91 Å². The van der Waals surface area contributed by atoms with Gasteiger partial charge in [-0.25, -0.2) is 4.79 Å². The topological polar surface area (TPSA) is 342 Å². The van der Waals surface area contributed by atoms with Crippen molar-refractivity contribution < 1.29 is 78.2 Å². The first-order valence-electron chi connectivity index (χ1n) is 31.0. The third-order valence-electron chi connectivity index (χ3n) is 18.2. The van der Waals surface area contributed by atoms with E-state index in [2.05, 4.69) is 26.6 Å². The molecule has 30 heteroatoms. The van der Waals surface area contributed by atoms with Gasteiger partial charge in [-0.2, -0.15) is 0 Å². The smallest absolute Gasteiger partial charge is 0.333 e. The van der Waals surface area contributed by atoms with E-state index in [-0.39, 0.29) is 62.6 Å². The Morgan fingerprint density at radius 1 is 0.630 bits per heavy atom. The van der Waals surface area contributed by atoms with Crippen molar-refractivity contribution in [2.24, 2.45) is 0 Å². The van der Waals surface area contributed by atoms with Crippen molar-refractivity contribution in [3.63, 3.8) is 0 Å². The Morgan fingerprint density at radius 2 is 1.14 bits per heavy atom. The molecule has 0 fully saturated rings. The van der Waals surface area contributed by atoms with E-state index in [1.807, 2.05) is 20.8 Å². The molecule has 7 aromatic carbocycles. The molecule has 100 heavy (non-hydrogen) atoms. The number of phenolic OH excluding ortho intramolecular Hbond substituents is 5. The average molecular weight is 1500 g/mol. The number of amides is 6. The van der Waals surface area contributed by atoms with Crippen molar-refractivity contribution in [3.05, 3.63) is 184 Å². The zero-order chi connectivity index (χ0) is 72.7. The number of nitrogens with one attached hydrogen (secondary N) is 5. The highest BCUT2D eigenvalue weighted by Crippen LogP contribution is 2.45. The molecule has 4 aliphatic rings. The van der Waals surface area contributed by atoms with E-state index >= 15 is 19.2 Å². The van der Waals surface area contributed by atoms with Crippen LogP contribution in [0.4, 0.5) is 0 Å². The Morgan fingerprint density at radius 3 is 1.67 bits per heavy atom.